The molecule has 1 N–H and O–H groups in total. The fourth-order valence-corrected chi connectivity index (χ4v) is 1.34. The third kappa shape index (κ3) is 2.45. The summed E-state index contributed by atoms with van der Waals surface area (Å²) in [5.41, 5.74) is 1.29. The van der Waals surface area contributed by atoms with Gasteiger partial charge in [-0.3, -0.25) is 4.39 Å². The van der Waals surface area contributed by atoms with Gasteiger partial charge in [0.05, 0.1) is 13.3 Å². The summed E-state index contributed by atoms with van der Waals surface area (Å²) in [6, 6.07) is 8.52. The van der Waals surface area contributed by atoms with E-state index >= 15 is 0 Å². The van der Waals surface area contributed by atoms with Crippen LogP contribution in [0, 0.1) is 0 Å². The molecule has 1 fully saturated rings. The molecule has 1 aromatic rings. The highest BCUT2D eigenvalue weighted by molar-refractivity contribution is 5.31. The number of ether oxygens (including phenoxy) is 1. The molecule has 0 amide bonds. The Labute approximate surface area is 83.1 Å². The highest BCUT2D eigenvalue weighted by Crippen LogP contribution is 2.23. The second-order valence-corrected chi connectivity index (χ2v) is 3.42. The average Bonchev–Trinajstić information content (AvgIpc) is 3.03. The molecule has 1 atom stereocenters. The molecule has 76 valence electrons. The molecule has 0 bridgehead atoms. The van der Waals surface area contributed by atoms with Crippen LogP contribution in [0.25, 0.3) is 0 Å². The van der Waals surface area contributed by atoms with Crippen molar-refractivity contribution in [3.05, 3.63) is 29.8 Å². The summed E-state index contributed by atoms with van der Waals surface area (Å²) in [6.45, 7) is 1.21. The first kappa shape index (κ1) is 9.46. The minimum atomic E-state index is -0.315. The number of hydrogen-bond donors (Lipinski definition) is 1. The van der Waals surface area contributed by atoms with E-state index in [4.69, 9.17) is 4.74 Å². The molecule has 0 aliphatic carbocycles. The maximum Gasteiger partial charge on any atom is 0.119 e. The van der Waals surface area contributed by atoms with E-state index in [1.807, 2.05) is 12.1 Å². The van der Waals surface area contributed by atoms with Gasteiger partial charge in [-0.05, 0) is 17.7 Å². The predicted octanol–water partition coefficient (Wildman–Crippen LogP) is 2.07. The van der Waals surface area contributed by atoms with Crippen molar-refractivity contribution in [3.63, 3.8) is 0 Å². The molecule has 3 heteroatoms. The van der Waals surface area contributed by atoms with E-state index in [0.29, 0.717) is 19.1 Å². The Morgan fingerprint density at radius 3 is 2.64 bits per heavy atom. The van der Waals surface area contributed by atoms with E-state index in [-0.39, 0.29) is 6.67 Å². The first-order valence-electron chi connectivity index (χ1n) is 4.92. The Morgan fingerprint density at radius 1 is 1.36 bits per heavy atom. The summed E-state index contributed by atoms with van der Waals surface area (Å²) in [6.07, 6.45) is 0.464. The lowest BCUT2D eigenvalue weighted by Gasteiger charge is -2.05. The smallest absolute Gasteiger partial charge is 0.119 e. The first-order valence-corrected chi connectivity index (χ1v) is 4.92. The summed E-state index contributed by atoms with van der Waals surface area (Å²) >= 11 is 0. The Bertz CT molecular complexity index is 282. The van der Waals surface area contributed by atoms with Gasteiger partial charge in [0.2, 0.25) is 0 Å². The molecule has 0 aromatic heterocycles. The first-order chi connectivity index (χ1) is 6.90. The minimum absolute atomic E-state index is 0.315. The van der Waals surface area contributed by atoms with Gasteiger partial charge in [0, 0.05) is 19.0 Å². The Hall–Kier alpha value is -1.09. The lowest BCUT2D eigenvalue weighted by atomic mass is 10.1. The van der Waals surface area contributed by atoms with E-state index in [1.54, 1.807) is 0 Å². The Morgan fingerprint density at radius 2 is 2.07 bits per heavy atom. The van der Waals surface area contributed by atoms with Crippen molar-refractivity contribution in [2.75, 3.05) is 19.8 Å². The Balaban J connectivity index is 1.86. The van der Waals surface area contributed by atoms with E-state index in [0.717, 1.165) is 12.3 Å². The van der Waals surface area contributed by atoms with Gasteiger partial charge in [0.1, 0.15) is 5.75 Å². The Kier molecular flexibility index (Phi) is 2.99. The summed E-state index contributed by atoms with van der Waals surface area (Å²) in [5.74, 6) is 0.822. The molecule has 2 nitrogen and oxygen atoms in total. The highest BCUT2D eigenvalue weighted by atomic mass is 19.1. The van der Waals surface area contributed by atoms with Crippen molar-refractivity contribution >= 4 is 0 Å². The van der Waals surface area contributed by atoms with Gasteiger partial charge in [0.25, 0.3) is 0 Å². The van der Waals surface area contributed by atoms with Crippen molar-refractivity contribution in [2.45, 2.75) is 12.5 Å². The summed E-state index contributed by atoms with van der Waals surface area (Å²) in [7, 11) is 0. The zero-order valence-corrected chi connectivity index (χ0v) is 8.00. The molecule has 1 aromatic carbocycles. The van der Waals surface area contributed by atoms with Gasteiger partial charge in [-0.2, -0.15) is 0 Å². The van der Waals surface area contributed by atoms with Gasteiger partial charge in [-0.15, -0.1) is 0 Å². The molecular weight excluding hydrogens is 181 g/mol. The zero-order valence-electron chi connectivity index (χ0n) is 8.00. The number of halogens is 1. The quantitative estimate of drug-likeness (QED) is 0.576. The average molecular weight is 195 g/mol. The van der Waals surface area contributed by atoms with Crippen molar-refractivity contribution in [3.8, 4) is 5.75 Å². The van der Waals surface area contributed by atoms with Crippen LogP contribution in [-0.4, -0.2) is 19.8 Å². The molecule has 0 saturated carbocycles. The number of hydrogen-bond acceptors (Lipinski definition) is 2. The third-order valence-electron chi connectivity index (χ3n) is 2.24. The largest absolute Gasteiger partial charge is 0.494 e. The van der Waals surface area contributed by atoms with Crippen LogP contribution >= 0.6 is 0 Å². The molecular formula is C11H14FNO. The lowest BCUT2D eigenvalue weighted by molar-refractivity contribution is 0.289. The van der Waals surface area contributed by atoms with Crippen molar-refractivity contribution in [1.82, 2.24) is 5.32 Å². The minimum Gasteiger partial charge on any atom is -0.494 e. The third-order valence-corrected chi connectivity index (χ3v) is 2.24. The van der Waals surface area contributed by atoms with E-state index in [9.17, 15) is 4.39 Å². The maximum absolute atomic E-state index is 11.8. The fourth-order valence-electron chi connectivity index (χ4n) is 1.34. The van der Waals surface area contributed by atoms with E-state index in [2.05, 4.69) is 17.4 Å². The zero-order chi connectivity index (χ0) is 9.80. The van der Waals surface area contributed by atoms with Gasteiger partial charge >= 0.3 is 0 Å². The van der Waals surface area contributed by atoms with Crippen LogP contribution < -0.4 is 10.1 Å². The molecule has 0 unspecified atom stereocenters. The van der Waals surface area contributed by atoms with Crippen LogP contribution in [0.2, 0.25) is 0 Å². The second-order valence-electron chi connectivity index (χ2n) is 3.42. The normalized spacial score (nSPS) is 19.4. The number of nitrogens with one attached hydrogen (secondary N) is 1. The van der Waals surface area contributed by atoms with Crippen molar-refractivity contribution < 1.29 is 9.13 Å². The molecule has 1 aliphatic heterocycles. The maximum atomic E-state index is 11.8. The summed E-state index contributed by atoms with van der Waals surface area (Å²) < 4.78 is 17.1. The van der Waals surface area contributed by atoms with Gasteiger partial charge in [0.15, 0.2) is 0 Å². The number of alkyl halides is 1. The standard InChI is InChI=1S/C11H14FNO/c12-6-1-7-14-10-4-2-9(3-5-10)11-8-13-11/h2-5,11,13H,1,6-8H2/t11-/m1/s1. The molecule has 0 spiro atoms. The van der Waals surface area contributed by atoms with Crippen LogP contribution in [-0.2, 0) is 0 Å². The SMILES string of the molecule is FCCCOc1ccc([C@H]2CN2)cc1. The van der Waals surface area contributed by atoms with Gasteiger partial charge in [-0.25, -0.2) is 0 Å². The molecule has 1 heterocycles. The van der Waals surface area contributed by atoms with Crippen molar-refractivity contribution in [2.24, 2.45) is 0 Å². The van der Waals surface area contributed by atoms with Crippen LogP contribution in [0.1, 0.15) is 18.0 Å². The topological polar surface area (TPSA) is 31.2 Å². The van der Waals surface area contributed by atoms with Crippen LogP contribution in [0.5, 0.6) is 5.75 Å². The molecule has 2 rings (SSSR count). The molecule has 0 radical (unpaired) electrons. The predicted molar refractivity (Wildman–Crippen MR) is 53.3 cm³/mol. The van der Waals surface area contributed by atoms with Crippen molar-refractivity contribution in [1.29, 1.82) is 0 Å². The second kappa shape index (κ2) is 4.42. The number of rotatable bonds is 5. The molecule has 1 aliphatic rings. The fraction of sp³-hybridized carbons (Fsp3) is 0.455. The summed E-state index contributed by atoms with van der Waals surface area (Å²) in [4.78, 5) is 0. The monoisotopic (exact) mass is 195 g/mol. The number of benzene rings is 1. The highest BCUT2D eigenvalue weighted by Gasteiger charge is 2.21. The molecule has 14 heavy (non-hydrogen) atoms. The van der Waals surface area contributed by atoms with Crippen LogP contribution in [0.4, 0.5) is 4.39 Å². The van der Waals surface area contributed by atoms with E-state index in [1.165, 1.54) is 5.56 Å². The van der Waals surface area contributed by atoms with Gasteiger partial charge in [-0.1, -0.05) is 12.1 Å². The van der Waals surface area contributed by atoms with Crippen LogP contribution in [0.3, 0.4) is 0 Å². The van der Waals surface area contributed by atoms with Gasteiger partial charge < -0.3 is 10.1 Å². The lowest BCUT2D eigenvalue weighted by Crippen LogP contribution is -1.98. The van der Waals surface area contributed by atoms with E-state index < -0.39 is 0 Å². The molecule has 1 saturated heterocycles. The summed E-state index contributed by atoms with van der Waals surface area (Å²) in [5, 5.41) is 3.23. The van der Waals surface area contributed by atoms with Crippen LogP contribution in [0.15, 0.2) is 24.3 Å².